The van der Waals surface area contributed by atoms with Gasteiger partial charge in [-0.1, -0.05) is 59.0 Å². The highest BCUT2D eigenvalue weighted by Crippen LogP contribution is 2.29. The molecule has 0 aliphatic rings. The summed E-state index contributed by atoms with van der Waals surface area (Å²) in [6.45, 7) is 4.11. The van der Waals surface area contributed by atoms with Gasteiger partial charge in [-0.25, -0.2) is 0 Å². The minimum atomic E-state index is -0.156. The molecule has 2 aromatic carbocycles. The van der Waals surface area contributed by atoms with Gasteiger partial charge in [-0.2, -0.15) is 0 Å². The van der Waals surface area contributed by atoms with E-state index in [-0.39, 0.29) is 5.91 Å². The average Bonchev–Trinajstić information content (AvgIpc) is 3.01. The van der Waals surface area contributed by atoms with Crippen LogP contribution in [0.2, 0.25) is 0 Å². The van der Waals surface area contributed by atoms with Crippen LogP contribution >= 0.6 is 45.7 Å². The molecule has 0 saturated heterocycles. The van der Waals surface area contributed by atoms with Gasteiger partial charge in [-0.15, -0.1) is 10.2 Å². The lowest BCUT2D eigenvalue weighted by Crippen LogP contribution is -2.13. The molecule has 1 aromatic heterocycles. The number of carbonyl (C=O) groups excluding carboxylic acids is 1. The van der Waals surface area contributed by atoms with Crippen LogP contribution in [0, 0.1) is 17.4 Å². The molecule has 1 amide bonds. The van der Waals surface area contributed by atoms with Gasteiger partial charge in [-0.05, 0) is 59.7 Å². The topological polar surface area (TPSA) is 54.9 Å². The molecule has 0 fully saturated rings. The first-order valence-corrected chi connectivity index (χ1v) is 10.5. The van der Waals surface area contributed by atoms with E-state index in [1.807, 2.05) is 37.3 Å². The molecule has 0 unspecified atom stereocenters. The quantitative estimate of drug-likeness (QED) is 0.305. The van der Waals surface area contributed by atoms with Gasteiger partial charge in [0.1, 0.15) is 0 Å². The van der Waals surface area contributed by atoms with Crippen molar-refractivity contribution in [2.45, 2.75) is 23.9 Å². The minimum absolute atomic E-state index is 0.156. The number of anilines is 1. The Labute approximate surface area is 168 Å². The first-order valence-electron chi connectivity index (χ1n) is 7.61. The van der Waals surface area contributed by atoms with E-state index in [0.29, 0.717) is 10.7 Å². The SMILES string of the molecule is Cc1ccc(C(=O)Nc2nnc(SCc3ccccc3C)s2)c(I)c1. The third-order valence-corrected chi connectivity index (χ3v) is 6.52. The number of hydrogen-bond acceptors (Lipinski definition) is 5. The molecule has 128 valence electrons. The highest BCUT2D eigenvalue weighted by molar-refractivity contribution is 14.1. The molecule has 3 aromatic rings. The van der Waals surface area contributed by atoms with Crippen molar-refractivity contribution in [3.05, 3.63) is 68.3 Å². The number of rotatable bonds is 5. The van der Waals surface area contributed by atoms with E-state index < -0.39 is 0 Å². The average molecular weight is 481 g/mol. The summed E-state index contributed by atoms with van der Waals surface area (Å²) < 4.78 is 1.77. The van der Waals surface area contributed by atoms with Crippen LogP contribution in [0.3, 0.4) is 0 Å². The molecule has 3 rings (SSSR count). The minimum Gasteiger partial charge on any atom is -0.296 e. The zero-order valence-corrected chi connectivity index (χ0v) is 17.5. The molecule has 0 atom stereocenters. The van der Waals surface area contributed by atoms with Crippen LogP contribution in [-0.2, 0) is 5.75 Å². The number of amides is 1. The van der Waals surface area contributed by atoms with Crippen LogP contribution in [-0.4, -0.2) is 16.1 Å². The Kier molecular flexibility index (Phi) is 6.08. The molecule has 25 heavy (non-hydrogen) atoms. The summed E-state index contributed by atoms with van der Waals surface area (Å²) in [6, 6.07) is 14.0. The second-order valence-electron chi connectivity index (χ2n) is 5.53. The van der Waals surface area contributed by atoms with Crippen molar-refractivity contribution in [1.29, 1.82) is 0 Å². The van der Waals surface area contributed by atoms with Crippen LogP contribution in [0.4, 0.5) is 5.13 Å². The highest BCUT2D eigenvalue weighted by Gasteiger charge is 2.13. The fourth-order valence-electron chi connectivity index (χ4n) is 2.20. The van der Waals surface area contributed by atoms with E-state index >= 15 is 0 Å². The number of halogens is 1. The zero-order valence-electron chi connectivity index (χ0n) is 13.7. The van der Waals surface area contributed by atoms with Crippen molar-refractivity contribution < 1.29 is 4.79 Å². The third kappa shape index (κ3) is 4.80. The van der Waals surface area contributed by atoms with Crippen molar-refractivity contribution >= 4 is 56.7 Å². The fourth-order valence-corrected chi connectivity index (χ4v) is 4.94. The molecule has 1 N–H and O–H groups in total. The van der Waals surface area contributed by atoms with Crippen LogP contribution in [0.15, 0.2) is 46.8 Å². The van der Waals surface area contributed by atoms with Gasteiger partial charge in [0.05, 0.1) is 5.56 Å². The van der Waals surface area contributed by atoms with Crippen LogP contribution in [0.5, 0.6) is 0 Å². The number of nitrogens with one attached hydrogen (secondary N) is 1. The number of aryl methyl sites for hydroxylation is 2. The van der Waals surface area contributed by atoms with Crippen LogP contribution in [0.25, 0.3) is 0 Å². The number of aromatic nitrogens is 2. The lowest BCUT2D eigenvalue weighted by molar-refractivity contribution is 0.102. The number of thioether (sulfide) groups is 1. The molecule has 4 nitrogen and oxygen atoms in total. The fraction of sp³-hybridized carbons (Fsp3) is 0.167. The predicted molar refractivity (Wildman–Crippen MR) is 112 cm³/mol. The lowest BCUT2D eigenvalue weighted by atomic mass is 10.1. The van der Waals surface area contributed by atoms with Gasteiger partial charge in [-0.3, -0.25) is 10.1 Å². The van der Waals surface area contributed by atoms with Gasteiger partial charge < -0.3 is 0 Å². The third-order valence-electron chi connectivity index (χ3n) is 3.61. The summed E-state index contributed by atoms with van der Waals surface area (Å²) in [6.07, 6.45) is 0. The Morgan fingerprint density at radius 2 is 2.00 bits per heavy atom. The van der Waals surface area contributed by atoms with Crippen molar-refractivity contribution in [2.75, 3.05) is 5.32 Å². The summed E-state index contributed by atoms with van der Waals surface area (Å²) in [7, 11) is 0. The summed E-state index contributed by atoms with van der Waals surface area (Å²) >= 11 is 5.20. The molecule has 0 radical (unpaired) electrons. The second kappa shape index (κ2) is 8.29. The Hall–Kier alpha value is -1.45. The standard InChI is InChI=1S/C18H16IN3OS2/c1-11-7-8-14(15(19)9-11)16(23)20-17-21-22-18(25-17)24-10-13-6-4-3-5-12(13)2/h3-9H,10H2,1-2H3,(H,20,21,23). The van der Waals surface area contributed by atoms with Gasteiger partial charge in [0, 0.05) is 9.32 Å². The molecule has 0 saturated carbocycles. The Morgan fingerprint density at radius 3 is 2.76 bits per heavy atom. The van der Waals surface area contributed by atoms with E-state index in [4.69, 9.17) is 0 Å². The molecule has 0 bridgehead atoms. The molecule has 1 heterocycles. The number of hydrogen-bond donors (Lipinski definition) is 1. The molecular formula is C18H16IN3OS2. The van der Waals surface area contributed by atoms with E-state index in [1.54, 1.807) is 11.8 Å². The summed E-state index contributed by atoms with van der Waals surface area (Å²) in [5.74, 6) is 0.682. The molecular weight excluding hydrogens is 465 g/mol. The summed E-state index contributed by atoms with van der Waals surface area (Å²) in [5, 5.41) is 11.6. The van der Waals surface area contributed by atoms with Crippen molar-refractivity contribution in [3.63, 3.8) is 0 Å². The zero-order chi connectivity index (χ0) is 17.8. The molecule has 0 aliphatic heterocycles. The van der Waals surface area contributed by atoms with Crippen molar-refractivity contribution in [1.82, 2.24) is 10.2 Å². The Morgan fingerprint density at radius 1 is 1.20 bits per heavy atom. The van der Waals surface area contributed by atoms with Gasteiger partial charge in [0.25, 0.3) is 5.91 Å². The number of benzene rings is 2. The number of nitrogens with zero attached hydrogens (tertiary/aromatic N) is 2. The van der Waals surface area contributed by atoms with E-state index in [2.05, 4.69) is 57.2 Å². The van der Waals surface area contributed by atoms with Gasteiger partial charge >= 0.3 is 0 Å². The largest absolute Gasteiger partial charge is 0.296 e. The Balaban J connectivity index is 1.63. The monoisotopic (exact) mass is 481 g/mol. The van der Waals surface area contributed by atoms with E-state index in [9.17, 15) is 4.79 Å². The maximum atomic E-state index is 12.4. The maximum absolute atomic E-state index is 12.4. The van der Waals surface area contributed by atoms with Crippen LogP contribution < -0.4 is 5.32 Å². The normalized spacial score (nSPS) is 10.7. The number of carbonyl (C=O) groups is 1. The maximum Gasteiger partial charge on any atom is 0.258 e. The lowest BCUT2D eigenvalue weighted by Gasteiger charge is -2.04. The van der Waals surface area contributed by atoms with E-state index in [0.717, 1.165) is 19.2 Å². The Bertz CT molecular complexity index is 911. The smallest absolute Gasteiger partial charge is 0.258 e. The van der Waals surface area contributed by atoms with Gasteiger partial charge in [0.15, 0.2) is 4.34 Å². The van der Waals surface area contributed by atoms with Crippen molar-refractivity contribution in [2.24, 2.45) is 0 Å². The van der Waals surface area contributed by atoms with E-state index in [1.165, 1.54) is 22.5 Å². The van der Waals surface area contributed by atoms with Gasteiger partial charge in [0.2, 0.25) is 5.13 Å². The van der Waals surface area contributed by atoms with Crippen molar-refractivity contribution in [3.8, 4) is 0 Å². The first kappa shape index (κ1) is 18.3. The second-order valence-corrected chi connectivity index (χ2v) is 8.89. The van der Waals surface area contributed by atoms with Crippen LogP contribution in [0.1, 0.15) is 27.0 Å². The molecule has 0 aliphatic carbocycles. The highest BCUT2D eigenvalue weighted by atomic mass is 127. The first-order chi connectivity index (χ1) is 12.0. The predicted octanol–water partition coefficient (Wildman–Crippen LogP) is 5.30. The molecule has 0 spiro atoms. The summed E-state index contributed by atoms with van der Waals surface area (Å²) in [4.78, 5) is 12.4. The molecule has 7 heteroatoms. The summed E-state index contributed by atoms with van der Waals surface area (Å²) in [5.41, 5.74) is 4.33.